The van der Waals surface area contributed by atoms with Crippen LogP contribution in [0.3, 0.4) is 0 Å². The molecule has 0 aliphatic heterocycles. The lowest BCUT2D eigenvalue weighted by Gasteiger charge is -2.00. The summed E-state index contributed by atoms with van der Waals surface area (Å²) in [7, 11) is 0. The Morgan fingerprint density at radius 1 is 1.00 bits per heavy atom. The van der Waals surface area contributed by atoms with Gasteiger partial charge in [-0.2, -0.15) is 10.2 Å². The number of nitrogens with zero attached hydrogens (tertiary/aromatic N) is 2. The maximum Gasteiger partial charge on any atom is 0.335 e. The number of hydrogen-bond acceptors (Lipinski definition) is 3. The lowest BCUT2D eigenvalue weighted by molar-refractivity contribution is 0.0697. The maximum atomic E-state index is 10.7. The molecular formula is C15H14N2O2. The third-order valence-electron chi connectivity index (χ3n) is 2.75. The van der Waals surface area contributed by atoms with Crippen LogP contribution in [-0.2, 0) is 0 Å². The molecule has 0 spiro atoms. The minimum absolute atomic E-state index is 0.241. The van der Waals surface area contributed by atoms with Crippen molar-refractivity contribution in [2.24, 2.45) is 10.2 Å². The second-order valence-corrected chi connectivity index (χ2v) is 4.34. The van der Waals surface area contributed by atoms with E-state index in [1.54, 1.807) is 12.1 Å². The average molecular weight is 254 g/mol. The molecule has 0 saturated carbocycles. The summed E-state index contributed by atoms with van der Waals surface area (Å²) >= 11 is 0. The predicted octanol–water partition coefficient (Wildman–Crippen LogP) is 4.42. The molecule has 4 heteroatoms. The monoisotopic (exact) mass is 254 g/mol. The van der Waals surface area contributed by atoms with Gasteiger partial charge in [-0.1, -0.05) is 12.1 Å². The number of carboxylic acids is 1. The minimum atomic E-state index is -0.946. The van der Waals surface area contributed by atoms with Gasteiger partial charge in [0.25, 0.3) is 0 Å². The Hall–Kier alpha value is -2.49. The van der Waals surface area contributed by atoms with Gasteiger partial charge in [-0.25, -0.2) is 4.79 Å². The smallest absolute Gasteiger partial charge is 0.335 e. The Labute approximate surface area is 111 Å². The van der Waals surface area contributed by atoms with Gasteiger partial charge in [-0.15, -0.1) is 0 Å². The third kappa shape index (κ3) is 3.25. The van der Waals surface area contributed by atoms with Gasteiger partial charge in [0, 0.05) is 0 Å². The molecule has 4 nitrogen and oxygen atoms in total. The Kier molecular flexibility index (Phi) is 3.71. The number of hydrogen-bond donors (Lipinski definition) is 1. The summed E-state index contributed by atoms with van der Waals surface area (Å²) in [6.45, 7) is 3.97. The first-order chi connectivity index (χ1) is 9.06. The zero-order valence-corrected chi connectivity index (χ0v) is 10.8. The van der Waals surface area contributed by atoms with Gasteiger partial charge >= 0.3 is 5.97 Å². The van der Waals surface area contributed by atoms with Crippen molar-refractivity contribution in [3.8, 4) is 0 Å². The molecule has 0 saturated heterocycles. The van der Waals surface area contributed by atoms with E-state index in [0.29, 0.717) is 5.69 Å². The largest absolute Gasteiger partial charge is 0.478 e. The van der Waals surface area contributed by atoms with Crippen LogP contribution >= 0.6 is 0 Å². The zero-order valence-electron chi connectivity index (χ0n) is 10.8. The van der Waals surface area contributed by atoms with Crippen LogP contribution in [0.2, 0.25) is 0 Å². The Morgan fingerprint density at radius 3 is 2.32 bits per heavy atom. The molecule has 2 rings (SSSR count). The van der Waals surface area contributed by atoms with E-state index in [4.69, 9.17) is 5.11 Å². The summed E-state index contributed by atoms with van der Waals surface area (Å²) < 4.78 is 0. The van der Waals surface area contributed by atoms with E-state index in [2.05, 4.69) is 10.2 Å². The molecule has 0 aromatic heterocycles. The first-order valence-electron chi connectivity index (χ1n) is 5.88. The number of rotatable bonds is 3. The number of carbonyl (C=O) groups is 1. The van der Waals surface area contributed by atoms with Gasteiger partial charge in [0.15, 0.2) is 0 Å². The highest BCUT2D eigenvalue weighted by molar-refractivity contribution is 5.87. The second kappa shape index (κ2) is 5.44. The van der Waals surface area contributed by atoms with Gasteiger partial charge in [-0.05, 0) is 55.3 Å². The van der Waals surface area contributed by atoms with Crippen LogP contribution in [0, 0.1) is 13.8 Å². The molecule has 2 aromatic carbocycles. The summed E-state index contributed by atoms with van der Waals surface area (Å²) in [5.74, 6) is -0.946. The molecule has 0 atom stereocenters. The van der Waals surface area contributed by atoms with Crippen molar-refractivity contribution in [3.05, 3.63) is 59.2 Å². The summed E-state index contributed by atoms with van der Waals surface area (Å²) in [6, 6.07) is 12.3. The average Bonchev–Trinajstić information content (AvgIpc) is 2.40. The van der Waals surface area contributed by atoms with Crippen molar-refractivity contribution < 1.29 is 9.90 Å². The number of carboxylic acid groups (broad SMARTS) is 1. The minimum Gasteiger partial charge on any atom is -0.478 e. The molecular weight excluding hydrogens is 240 g/mol. The summed E-state index contributed by atoms with van der Waals surface area (Å²) in [6.07, 6.45) is 0. The fraction of sp³-hybridized carbons (Fsp3) is 0.133. The van der Waals surface area contributed by atoms with E-state index in [9.17, 15) is 4.79 Å². The normalized spacial score (nSPS) is 10.8. The highest BCUT2D eigenvalue weighted by Crippen LogP contribution is 2.23. The van der Waals surface area contributed by atoms with Gasteiger partial charge in [-0.3, -0.25) is 0 Å². The Morgan fingerprint density at radius 2 is 1.68 bits per heavy atom. The molecule has 0 aliphatic rings. The lowest BCUT2D eigenvalue weighted by atomic mass is 10.1. The summed E-state index contributed by atoms with van der Waals surface area (Å²) in [5, 5.41) is 17.1. The first-order valence-corrected chi connectivity index (χ1v) is 5.88. The SMILES string of the molecule is Cc1ccc(C)c(N=Nc2ccc(C(=O)O)cc2)c1. The molecule has 96 valence electrons. The van der Waals surface area contributed by atoms with Crippen LogP contribution in [0.4, 0.5) is 11.4 Å². The van der Waals surface area contributed by atoms with Crippen molar-refractivity contribution in [2.45, 2.75) is 13.8 Å². The molecule has 0 unspecified atom stereocenters. The van der Waals surface area contributed by atoms with E-state index in [0.717, 1.165) is 16.8 Å². The van der Waals surface area contributed by atoms with Crippen LogP contribution < -0.4 is 0 Å². The second-order valence-electron chi connectivity index (χ2n) is 4.34. The van der Waals surface area contributed by atoms with Crippen LogP contribution in [0.25, 0.3) is 0 Å². The molecule has 0 amide bonds. The van der Waals surface area contributed by atoms with Crippen molar-refractivity contribution in [1.82, 2.24) is 0 Å². The van der Waals surface area contributed by atoms with Crippen molar-refractivity contribution >= 4 is 17.3 Å². The number of azo groups is 1. The van der Waals surface area contributed by atoms with Crippen molar-refractivity contribution in [1.29, 1.82) is 0 Å². The Bertz CT molecular complexity index is 631. The van der Waals surface area contributed by atoms with E-state index in [-0.39, 0.29) is 5.56 Å². The van der Waals surface area contributed by atoms with Gasteiger partial charge in [0.2, 0.25) is 0 Å². The van der Waals surface area contributed by atoms with Crippen LogP contribution in [-0.4, -0.2) is 11.1 Å². The standard InChI is InChI=1S/C15H14N2O2/c1-10-3-4-11(2)14(9-10)17-16-13-7-5-12(6-8-13)15(18)19/h3-9H,1-2H3,(H,18,19). The number of aromatic carboxylic acids is 1. The molecule has 0 bridgehead atoms. The van der Waals surface area contributed by atoms with Crippen molar-refractivity contribution in [3.63, 3.8) is 0 Å². The van der Waals surface area contributed by atoms with Crippen molar-refractivity contribution in [2.75, 3.05) is 0 Å². The van der Waals surface area contributed by atoms with E-state index in [1.165, 1.54) is 12.1 Å². The van der Waals surface area contributed by atoms with E-state index in [1.807, 2.05) is 32.0 Å². The fourth-order valence-corrected chi connectivity index (χ4v) is 1.61. The first kappa shape index (κ1) is 13.0. The van der Waals surface area contributed by atoms with Gasteiger partial charge in [0.05, 0.1) is 16.9 Å². The van der Waals surface area contributed by atoms with Gasteiger partial charge < -0.3 is 5.11 Å². The molecule has 0 radical (unpaired) electrons. The Balaban J connectivity index is 2.22. The molecule has 2 aromatic rings. The third-order valence-corrected chi connectivity index (χ3v) is 2.75. The zero-order chi connectivity index (χ0) is 13.8. The predicted molar refractivity (Wildman–Crippen MR) is 73.5 cm³/mol. The fourth-order valence-electron chi connectivity index (χ4n) is 1.61. The van der Waals surface area contributed by atoms with Crippen LogP contribution in [0.5, 0.6) is 0 Å². The summed E-state index contributed by atoms with van der Waals surface area (Å²) in [5.41, 5.74) is 3.87. The maximum absolute atomic E-state index is 10.7. The van der Waals surface area contributed by atoms with Gasteiger partial charge in [0.1, 0.15) is 0 Å². The lowest BCUT2D eigenvalue weighted by Crippen LogP contribution is -1.93. The summed E-state index contributed by atoms with van der Waals surface area (Å²) in [4.78, 5) is 10.7. The van der Waals surface area contributed by atoms with Crippen LogP contribution in [0.1, 0.15) is 21.5 Å². The number of aryl methyl sites for hydroxylation is 2. The van der Waals surface area contributed by atoms with Crippen LogP contribution in [0.15, 0.2) is 52.7 Å². The molecule has 19 heavy (non-hydrogen) atoms. The highest BCUT2D eigenvalue weighted by Gasteiger charge is 2.01. The van der Waals surface area contributed by atoms with E-state index < -0.39 is 5.97 Å². The molecule has 0 heterocycles. The highest BCUT2D eigenvalue weighted by atomic mass is 16.4. The van der Waals surface area contributed by atoms with E-state index >= 15 is 0 Å². The molecule has 0 aliphatic carbocycles. The molecule has 0 fully saturated rings. The molecule has 1 N–H and O–H groups in total. The quantitative estimate of drug-likeness (QED) is 0.824. The topological polar surface area (TPSA) is 62.0 Å². The number of benzene rings is 2.